The number of alkyl halides is 3. The topological polar surface area (TPSA) is 75.6 Å². The fourth-order valence-corrected chi connectivity index (χ4v) is 5.18. The van der Waals surface area contributed by atoms with Gasteiger partial charge in [-0.3, -0.25) is 4.79 Å². The van der Waals surface area contributed by atoms with Crippen LogP contribution in [0.3, 0.4) is 0 Å². The van der Waals surface area contributed by atoms with E-state index in [1.165, 1.54) is 43.9 Å². The number of carbonyl (C=O) groups excluding carboxylic acids is 1. The normalized spacial score (nSPS) is 13.8. The van der Waals surface area contributed by atoms with Crippen molar-refractivity contribution < 1.29 is 32.6 Å². The first kappa shape index (κ1) is 28.5. The van der Waals surface area contributed by atoms with Crippen molar-refractivity contribution in [2.75, 3.05) is 13.2 Å². The van der Waals surface area contributed by atoms with Gasteiger partial charge in [-0.05, 0) is 66.3 Å². The van der Waals surface area contributed by atoms with Gasteiger partial charge in [0.05, 0.1) is 5.56 Å². The largest absolute Gasteiger partial charge is 0.481 e. The third-order valence-corrected chi connectivity index (χ3v) is 7.11. The number of carboxylic acids is 1. The lowest BCUT2D eigenvalue weighted by Crippen LogP contribution is -2.25. The molecule has 1 aliphatic rings. The number of ether oxygens (including phenoxy) is 1. The van der Waals surface area contributed by atoms with E-state index in [-0.39, 0.29) is 28.3 Å². The van der Waals surface area contributed by atoms with Crippen LogP contribution in [0.1, 0.15) is 54.4 Å². The van der Waals surface area contributed by atoms with Crippen LogP contribution in [0.5, 0.6) is 5.75 Å². The fraction of sp³-hybridized carbons (Fsp3) is 0.333. The number of amides is 1. The summed E-state index contributed by atoms with van der Waals surface area (Å²) < 4.78 is 46.2. The quantitative estimate of drug-likeness (QED) is 0.248. The molecule has 0 atom stereocenters. The van der Waals surface area contributed by atoms with Gasteiger partial charge in [0.15, 0.2) is 6.61 Å². The van der Waals surface area contributed by atoms with E-state index < -0.39 is 24.3 Å². The highest BCUT2D eigenvalue weighted by atomic mass is 35.5. The molecule has 0 saturated heterocycles. The number of aliphatic carboxylic acids is 1. The molecule has 0 aliphatic heterocycles. The van der Waals surface area contributed by atoms with Crippen molar-refractivity contribution >= 4 is 23.5 Å². The van der Waals surface area contributed by atoms with Crippen LogP contribution in [0.15, 0.2) is 60.7 Å². The summed E-state index contributed by atoms with van der Waals surface area (Å²) >= 11 is 6.20. The summed E-state index contributed by atoms with van der Waals surface area (Å²) in [6.07, 6.45) is 2.20. The van der Waals surface area contributed by atoms with Gasteiger partial charge in [0, 0.05) is 28.3 Å². The molecule has 1 aliphatic carbocycles. The van der Waals surface area contributed by atoms with Gasteiger partial charge >= 0.3 is 12.1 Å². The van der Waals surface area contributed by atoms with Crippen LogP contribution < -0.4 is 10.1 Å². The summed E-state index contributed by atoms with van der Waals surface area (Å²) in [6, 6.07) is 14.2. The van der Waals surface area contributed by atoms with Gasteiger partial charge in [-0.1, -0.05) is 61.5 Å². The molecule has 1 saturated carbocycles. The Morgan fingerprint density at radius 2 is 1.62 bits per heavy atom. The summed E-state index contributed by atoms with van der Waals surface area (Å²) in [5.74, 6) is -0.917. The second-order valence-corrected chi connectivity index (χ2v) is 10.2. The number of benzene rings is 3. The average Bonchev–Trinajstić information content (AvgIpc) is 3.42. The maximum Gasteiger partial charge on any atom is 0.416 e. The molecule has 206 valence electrons. The lowest BCUT2D eigenvalue weighted by atomic mass is 9.93. The van der Waals surface area contributed by atoms with E-state index in [1.54, 1.807) is 30.3 Å². The Morgan fingerprint density at radius 1 is 0.974 bits per heavy atom. The third-order valence-electron chi connectivity index (χ3n) is 6.88. The van der Waals surface area contributed by atoms with Gasteiger partial charge in [-0.2, -0.15) is 13.2 Å². The van der Waals surface area contributed by atoms with Gasteiger partial charge in [0.1, 0.15) is 5.75 Å². The molecule has 0 heterocycles. The van der Waals surface area contributed by atoms with Crippen molar-refractivity contribution in [3.8, 4) is 28.0 Å². The van der Waals surface area contributed by atoms with Crippen molar-refractivity contribution in [1.29, 1.82) is 0 Å². The number of hydrogen-bond acceptors (Lipinski definition) is 3. The van der Waals surface area contributed by atoms with Gasteiger partial charge in [0.2, 0.25) is 0 Å². The zero-order chi connectivity index (χ0) is 28.0. The van der Waals surface area contributed by atoms with Crippen LogP contribution in [0.4, 0.5) is 13.2 Å². The first-order valence-corrected chi connectivity index (χ1v) is 13.2. The molecular formula is C30H29ClF3NO4. The van der Waals surface area contributed by atoms with Crippen LogP contribution in [0.25, 0.3) is 22.3 Å². The molecule has 3 aromatic rings. The molecule has 1 amide bonds. The number of rotatable bonds is 10. The van der Waals surface area contributed by atoms with Gasteiger partial charge in [-0.15, -0.1) is 0 Å². The summed E-state index contributed by atoms with van der Waals surface area (Å²) in [5, 5.41) is 12.6. The van der Waals surface area contributed by atoms with E-state index in [4.69, 9.17) is 16.3 Å². The monoisotopic (exact) mass is 559 g/mol. The Labute approximate surface area is 229 Å². The van der Waals surface area contributed by atoms with Gasteiger partial charge < -0.3 is 15.2 Å². The summed E-state index contributed by atoms with van der Waals surface area (Å²) in [4.78, 5) is 24.6. The lowest BCUT2D eigenvalue weighted by Gasteiger charge is -2.19. The van der Waals surface area contributed by atoms with Crippen LogP contribution in [0, 0.1) is 5.92 Å². The van der Waals surface area contributed by atoms with Gasteiger partial charge in [0.25, 0.3) is 5.91 Å². The summed E-state index contributed by atoms with van der Waals surface area (Å²) in [5.41, 5.74) is 0.480. The molecule has 4 rings (SSSR count). The molecule has 0 bridgehead atoms. The Hall–Kier alpha value is -3.52. The summed E-state index contributed by atoms with van der Waals surface area (Å²) in [6.45, 7) is -0.260. The molecule has 3 aromatic carbocycles. The first-order chi connectivity index (χ1) is 18.6. The zero-order valence-electron chi connectivity index (χ0n) is 21.2. The minimum Gasteiger partial charge on any atom is -0.481 e. The highest BCUT2D eigenvalue weighted by molar-refractivity contribution is 6.30. The third kappa shape index (κ3) is 7.53. The number of hydrogen-bond donors (Lipinski definition) is 2. The van der Waals surface area contributed by atoms with Gasteiger partial charge in [-0.25, -0.2) is 4.79 Å². The van der Waals surface area contributed by atoms with Crippen LogP contribution in [-0.4, -0.2) is 30.1 Å². The van der Waals surface area contributed by atoms with Crippen molar-refractivity contribution in [3.05, 3.63) is 76.8 Å². The molecule has 2 N–H and O–H groups in total. The van der Waals surface area contributed by atoms with E-state index in [0.717, 1.165) is 25.0 Å². The predicted molar refractivity (Wildman–Crippen MR) is 144 cm³/mol. The summed E-state index contributed by atoms with van der Waals surface area (Å²) in [7, 11) is 0. The molecular weight excluding hydrogens is 531 g/mol. The molecule has 9 heteroatoms. The minimum atomic E-state index is -4.60. The minimum absolute atomic E-state index is 0.0387. The highest BCUT2D eigenvalue weighted by Gasteiger charge is 2.31. The number of carboxylic acid groups (broad SMARTS) is 1. The Balaban J connectivity index is 1.76. The van der Waals surface area contributed by atoms with E-state index in [0.29, 0.717) is 28.6 Å². The van der Waals surface area contributed by atoms with Crippen molar-refractivity contribution in [3.63, 3.8) is 0 Å². The standard InChI is InChI=1S/C30H29ClF3NO4/c31-24-12-4-10-21(15-24)26-17-22(29(38)35-13-5-8-19-6-1-2-7-19)16-25(28(26)39-18-27(36)37)20-9-3-11-23(14-20)30(32,33)34/h3-4,9-12,14-17,19H,1-2,5-8,13,18H2,(H,35,38)(H,36,37). The van der Waals surface area contributed by atoms with E-state index in [2.05, 4.69) is 5.32 Å². The Kier molecular flexibility index (Phi) is 9.17. The molecule has 0 unspecified atom stereocenters. The van der Waals surface area contributed by atoms with Crippen molar-refractivity contribution in [2.45, 2.75) is 44.7 Å². The zero-order valence-corrected chi connectivity index (χ0v) is 21.9. The van der Waals surface area contributed by atoms with Crippen LogP contribution in [0.2, 0.25) is 5.02 Å². The maximum atomic E-state index is 13.5. The molecule has 0 spiro atoms. The van der Waals surface area contributed by atoms with Crippen LogP contribution >= 0.6 is 11.6 Å². The number of carbonyl (C=O) groups is 2. The molecule has 5 nitrogen and oxygen atoms in total. The van der Waals surface area contributed by atoms with Crippen molar-refractivity contribution in [1.82, 2.24) is 5.32 Å². The van der Waals surface area contributed by atoms with E-state index >= 15 is 0 Å². The van der Waals surface area contributed by atoms with E-state index in [9.17, 15) is 27.9 Å². The Bertz CT molecular complexity index is 1340. The average molecular weight is 560 g/mol. The maximum absolute atomic E-state index is 13.5. The first-order valence-electron chi connectivity index (χ1n) is 12.9. The Morgan fingerprint density at radius 3 is 2.23 bits per heavy atom. The molecule has 0 radical (unpaired) electrons. The number of halogens is 4. The predicted octanol–water partition coefficient (Wildman–Crippen LogP) is 7.86. The number of nitrogens with one attached hydrogen (secondary N) is 1. The SMILES string of the molecule is O=C(O)COc1c(-c2cccc(Cl)c2)cc(C(=O)NCCCC2CCCC2)cc1-c1cccc(C(F)(F)F)c1. The van der Waals surface area contributed by atoms with E-state index in [1.807, 2.05) is 0 Å². The smallest absolute Gasteiger partial charge is 0.416 e. The molecule has 1 fully saturated rings. The lowest BCUT2D eigenvalue weighted by molar-refractivity contribution is -0.139. The van der Waals surface area contributed by atoms with Crippen molar-refractivity contribution in [2.24, 2.45) is 5.92 Å². The highest BCUT2D eigenvalue weighted by Crippen LogP contribution is 2.42. The second kappa shape index (κ2) is 12.6. The van der Waals surface area contributed by atoms with Crippen LogP contribution in [-0.2, 0) is 11.0 Å². The molecule has 39 heavy (non-hydrogen) atoms. The molecule has 0 aromatic heterocycles. The fourth-order valence-electron chi connectivity index (χ4n) is 4.99. The second-order valence-electron chi connectivity index (χ2n) is 9.72.